The zero-order valence-corrected chi connectivity index (χ0v) is 10.3. The number of hydrogen-bond donors (Lipinski definition) is 1. The van der Waals surface area contributed by atoms with Crippen LogP contribution in [0.3, 0.4) is 0 Å². The van der Waals surface area contributed by atoms with E-state index in [0.29, 0.717) is 5.56 Å². The maximum absolute atomic E-state index is 11.9. The molecule has 3 heteroatoms. The summed E-state index contributed by atoms with van der Waals surface area (Å²) < 4.78 is 5.23. The molecule has 2 aromatic rings. The van der Waals surface area contributed by atoms with Crippen molar-refractivity contribution >= 4 is 5.97 Å². The van der Waals surface area contributed by atoms with Crippen molar-refractivity contribution in [2.45, 2.75) is 13.8 Å². The molecule has 2 rings (SSSR count). The van der Waals surface area contributed by atoms with Gasteiger partial charge in [0.15, 0.2) is 11.5 Å². The van der Waals surface area contributed by atoms with Crippen molar-refractivity contribution in [3.63, 3.8) is 0 Å². The van der Waals surface area contributed by atoms with Crippen LogP contribution >= 0.6 is 0 Å². The van der Waals surface area contributed by atoms with Gasteiger partial charge in [0.1, 0.15) is 0 Å². The van der Waals surface area contributed by atoms with Gasteiger partial charge in [0.2, 0.25) is 0 Å². The molecule has 0 aliphatic carbocycles. The molecule has 1 N–H and O–H groups in total. The predicted octanol–water partition coefficient (Wildman–Crippen LogP) is 3.23. The smallest absolute Gasteiger partial charge is 0.343 e. The van der Waals surface area contributed by atoms with E-state index in [1.165, 1.54) is 0 Å². The topological polar surface area (TPSA) is 46.5 Å². The molecule has 0 saturated carbocycles. The highest BCUT2D eigenvalue weighted by atomic mass is 16.5. The zero-order chi connectivity index (χ0) is 13.1. The minimum atomic E-state index is -0.474. The van der Waals surface area contributed by atoms with Crippen LogP contribution in [0.1, 0.15) is 21.5 Å². The van der Waals surface area contributed by atoms with E-state index in [4.69, 9.17) is 4.74 Å². The van der Waals surface area contributed by atoms with Crippen molar-refractivity contribution in [3.05, 3.63) is 59.2 Å². The van der Waals surface area contributed by atoms with E-state index >= 15 is 0 Å². The molecule has 0 unspecified atom stereocenters. The molecule has 0 amide bonds. The summed E-state index contributed by atoms with van der Waals surface area (Å²) in [6.07, 6.45) is 0. The van der Waals surface area contributed by atoms with Crippen LogP contribution in [0, 0.1) is 13.8 Å². The van der Waals surface area contributed by atoms with Crippen LogP contribution in [-0.2, 0) is 0 Å². The lowest BCUT2D eigenvalue weighted by molar-refractivity contribution is 0.0728. The molecule has 0 saturated heterocycles. The third kappa shape index (κ3) is 2.51. The summed E-state index contributed by atoms with van der Waals surface area (Å²) in [7, 11) is 0. The number of phenols is 1. The van der Waals surface area contributed by atoms with Gasteiger partial charge in [-0.3, -0.25) is 0 Å². The van der Waals surface area contributed by atoms with Gasteiger partial charge >= 0.3 is 5.97 Å². The maximum Gasteiger partial charge on any atom is 0.343 e. The molecule has 0 fully saturated rings. The fourth-order valence-corrected chi connectivity index (χ4v) is 1.79. The molecule has 0 spiro atoms. The minimum Gasteiger partial charge on any atom is -0.504 e. The molecule has 0 heterocycles. The first-order valence-electron chi connectivity index (χ1n) is 5.65. The monoisotopic (exact) mass is 242 g/mol. The van der Waals surface area contributed by atoms with Crippen molar-refractivity contribution in [1.82, 2.24) is 0 Å². The van der Waals surface area contributed by atoms with Gasteiger partial charge in [-0.2, -0.15) is 0 Å². The lowest BCUT2D eigenvalue weighted by Crippen LogP contribution is -2.09. The van der Waals surface area contributed by atoms with Crippen molar-refractivity contribution < 1.29 is 14.6 Å². The lowest BCUT2D eigenvalue weighted by Gasteiger charge is -2.10. The predicted molar refractivity (Wildman–Crippen MR) is 69.0 cm³/mol. The number of aromatic hydroxyl groups is 1. The molecule has 0 bridgehead atoms. The first kappa shape index (κ1) is 12.2. The molecular weight excluding hydrogens is 228 g/mol. The summed E-state index contributed by atoms with van der Waals surface area (Å²) in [5.41, 5.74) is 2.11. The third-order valence-corrected chi connectivity index (χ3v) is 2.60. The summed E-state index contributed by atoms with van der Waals surface area (Å²) in [6.45, 7) is 3.66. The van der Waals surface area contributed by atoms with Gasteiger partial charge in [-0.05, 0) is 43.2 Å². The maximum atomic E-state index is 11.9. The molecular formula is C15H14O3. The quantitative estimate of drug-likeness (QED) is 0.649. The Labute approximate surface area is 106 Å². The number of esters is 1. The Kier molecular flexibility index (Phi) is 3.33. The van der Waals surface area contributed by atoms with E-state index in [9.17, 15) is 9.90 Å². The second kappa shape index (κ2) is 4.92. The molecule has 0 atom stereocenters. The average Bonchev–Trinajstić information content (AvgIpc) is 2.34. The van der Waals surface area contributed by atoms with Crippen LogP contribution in [-0.4, -0.2) is 11.1 Å². The van der Waals surface area contributed by atoms with Gasteiger partial charge in [0.25, 0.3) is 0 Å². The number of carbonyl (C=O) groups is 1. The lowest BCUT2D eigenvalue weighted by atomic mass is 10.1. The molecule has 0 radical (unpaired) electrons. The molecule has 0 aliphatic heterocycles. The fourth-order valence-electron chi connectivity index (χ4n) is 1.79. The molecule has 0 aromatic heterocycles. The zero-order valence-electron chi connectivity index (χ0n) is 10.3. The van der Waals surface area contributed by atoms with E-state index < -0.39 is 5.97 Å². The van der Waals surface area contributed by atoms with Gasteiger partial charge in [-0.15, -0.1) is 0 Å². The number of carbonyl (C=O) groups excluding carboxylic acids is 1. The van der Waals surface area contributed by atoms with Crippen LogP contribution in [0.15, 0.2) is 42.5 Å². The molecule has 2 aromatic carbocycles. The second-order valence-electron chi connectivity index (χ2n) is 4.19. The Morgan fingerprint density at radius 3 is 2.39 bits per heavy atom. The number of rotatable bonds is 2. The molecule has 0 aliphatic rings. The van der Waals surface area contributed by atoms with Crippen molar-refractivity contribution in [2.24, 2.45) is 0 Å². The Morgan fingerprint density at radius 2 is 1.78 bits per heavy atom. The largest absolute Gasteiger partial charge is 0.504 e. The Bertz CT molecular complexity index is 551. The highest BCUT2D eigenvalue weighted by molar-refractivity contribution is 5.91. The van der Waals surface area contributed by atoms with Crippen LogP contribution in [0.25, 0.3) is 0 Å². The Balaban J connectivity index is 2.28. The third-order valence-electron chi connectivity index (χ3n) is 2.60. The summed E-state index contributed by atoms with van der Waals surface area (Å²) in [4.78, 5) is 11.9. The van der Waals surface area contributed by atoms with Gasteiger partial charge in [0, 0.05) is 0 Å². The molecule has 18 heavy (non-hydrogen) atoms. The van der Waals surface area contributed by atoms with Gasteiger partial charge in [-0.1, -0.05) is 24.3 Å². The first-order valence-corrected chi connectivity index (χ1v) is 5.65. The normalized spacial score (nSPS) is 10.1. The standard InChI is InChI=1S/C15H14O3/c1-10-8-11(2)14(13(16)9-10)18-15(17)12-6-4-3-5-7-12/h3-9,16H,1-2H3. The van der Waals surface area contributed by atoms with E-state index in [1.54, 1.807) is 37.3 Å². The summed E-state index contributed by atoms with van der Waals surface area (Å²) >= 11 is 0. The Morgan fingerprint density at radius 1 is 1.11 bits per heavy atom. The van der Waals surface area contributed by atoms with E-state index in [2.05, 4.69) is 0 Å². The van der Waals surface area contributed by atoms with E-state index in [-0.39, 0.29) is 11.5 Å². The summed E-state index contributed by atoms with van der Waals surface area (Å²) in [5.74, 6) is -0.274. The number of phenolic OH excluding ortho intramolecular Hbond substituents is 1. The summed E-state index contributed by atoms with van der Waals surface area (Å²) in [5, 5.41) is 9.79. The van der Waals surface area contributed by atoms with Crippen molar-refractivity contribution in [1.29, 1.82) is 0 Å². The number of ether oxygens (including phenoxy) is 1. The SMILES string of the molecule is Cc1cc(C)c(OC(=O)c2ccccc2)c(O)c1. The summed E-state index contributed by atoms with van der Waals surface area (Å²) in [6, 6.07) is 12.1. The molecule has 92 valence electrons. The van der Waals surface area contributed by atoms with Crippen molar-refractivity contribution in [3.8, 4) is 11.5 Å². The van der Waals surface area contributed by atoms with Gasteiger partial charge in [0.05, 0.1) is 5.56 Å². The van der Waals surface area contributed by atoms with Crippen molar-refractivity contribution in [2.75, 3.05) is 0 Å². The van der Waals surface area contributed by atoms with E-state index in [0.717, 1.165) is 11.1 Å². The fraction of sp³-hybridized carbons (Fsp3) is 0.133. The Hall–Kier alpha value is -2.29. The number of hydrogen-bond acceptors (Lipinski definition) is 3. The van der Waals surface area contributed by atoms with E-state index in [1.807, 2.05) is 19.1 Å². The van der Waals surface area contributed by atoms with Gasteiger partial charge in [-0.25, -0.2) is 4.79 Å². The van der Waals surface area contributed by atoms with Crippen LogP contribution in [0.2, 0.25) is 0 Å². The average molecular weight is 242 g/mol. The molecule has 3 nitrogen and oxygen atoms in total. The second-order valence-corrected chi connectivity index (χ2v) is 4.19. The number of benzene rings is 2. The highest BCUT2D eigenvalue weighted by Crippen LogP contribution is 2.31. The highest BCUT2D eigenvalue weighted by Gasteiger charge is 2.13. The van der Waals surface area contributed by atoms with Crippen LogP contribution in [0.4, 0.5) is 0 Å². The number of aryl methyl sites for hydroxylation is 2. The van der Waals surface area contributed by atoms with Crippen LogP contribution < -0.4 is 4.74 Å². The minimum absolute atomic E-state index is 0.0169. The van der Waals surface area contributed by atoms with Gasteiger partial charge < -0.3 is 9.84 Å². The van der Waals surface area contributed by atoms with Crippen LogP contribution in [0.5, 0.6) is 11.5 Å². The first-order chi connectivity index (χ1) is 8.58.